The van der Waals surface area contributed by atoms with Crippen molar-refractivity contribution in [2.24, 2.45) is 5.73 Å². The van der Waals surface area contributed by atoms with Crippen molar-refractivity contribution in [2.75, 3.05) is 0 Å². The van der Waals surface area contributed by atoms with Gasteiger partial charge in [-0.3, -0.25) is 0 Å². The lowest BCUT2D eigenvalue weighted by molar-refractivity contribution is 0.534. The van der Waals surface area contributed by atoms with Gasteiger partial charge in [-0.05, 0) is 36.6 Å². The Kier molecular flexibility index (Phi) is 8.52. The predicted molar refractivity (Wildman–Crippen MR) is 85.3 cm³/mol. The second-order valence-corrected chi connectivity index (χ2v) is 5.93. The summed E-state index contributed by atoms with van der Waals surface area (Å²) in [5.41, 5.74) is 8.03. The Morgan fingerprint density at radius 3 is 2.15 bits per heavy atom. The van der Waals surface area contributed by atoms with E-state index in [0.29, 0.717) is 0 Å². The summed E-state index contributed by atoms with van der Waals surface area (Å²) in [7, 11) is 0. The number of unbranched alkanes of at least 4 members (excludes halogenated alkanes) is 7. The van der Waals surface area contributed by atoms with Crippen LogP contribution in [-0.4, -0.2) is 0 Å². The number of rotatable bonds is 10. The maximum atomic E-state index is 13.3. The van der Waals surface area contributed by atoms with E-state index in [-0.39, 0.29) is 11.9 Å². The molecule has 114 valence electrons. The average Bonchev–Trinajstić information content (AvgIpc) is 2.40. The van der Waals surface area contributed by atoms with Crippen molar-refractivity contribution in [3.63, 3.8) is 0 Å². The highest BCUT2D eigenvalue weighted by molar-refractivity contribution is 5.25. The van der Waals surface area contributed by atoms with Crippen LogP contribution in [0.25, 0.3) is 0 Å². The molecule has 0 saturated heterocycles. The smallest absolute Gasteiger partial charge is 0.123 e. The quantitative estimate of drug-likeness (QED) is 0.549. The fraction of sp³-hybridized carbons (Fsp3) is 0.667. The van der Waals surface area contributed by atoms with E-state index in [1.165, 1.54) is 44.9 Å². The van der Waals surface area contributed by atoms with Gasteiger partial charge in [0.15, 0.2) is 0 Å². The highest BCUT2D eigenvalue weighted by Gasteiger charge is 2.07. The van der Waals surface area contributed by atoms with Gasteiger partial charge in [-0.1, -0.05) is 64.4 Å². The molecule has 0 radical (unpaired) electrons. The van der Waals surface area contributed by atoms with Gasteiger partial charge < -0.3 is 5.73 Å². The Labute approximate surface area is 123 Å². The third kappa shape index (κ3) is 7.04. The maximum absolute atomic E-state index is 13.3. The normalized spacial score (nSPS) is 12.6. The second-order valence-electron chi connectivity index (χ2n) is 5.93. The van der Waals surface area contributed by atoms with E-state index < -0.39 is 0 Å². The highest BCUT2D eigenvalue weighted by Crippen LogP contribution is 2.20. The van der Waals surface area contributed by atoms with Crippen molar-refractivity contribution in [3.8, 4) is 0 Å². The maximum Gasteiger partial charge on any atom is 0.123 e. The topological polar surface area (TPSA) is 26.0 Å². The number of nitrogens with two attached hydrogens (primary N) is 1. The van der Waals surface area contributed by atoms with Crippen LogP contribution in [0, 0.1) is 12.7 Å². The molecule has 1 unspecified atom stereocenters. The third-order valence-electron chi connectivity index (χ3n) is 3.86. The standard InChI is InChI=1S/C18H30FN/c1-3-4-5-6-7-8-9-10-11-18(20)16-12-15(2)13-17(19)14-16/h12-14,18H,3-11,20H2,1-2H3. The molecule has 0 heterocycles. The molecule has 0 amide bonds. The Balaban J connectivity index is 2.15. The molecule has 1 nitrogen and oxygen atoms in total. The van der Waals surface area contributed by atoms with Crippen LogP contribution in [0.1, 0.15) is 81.9 Å². The molecule has 2 heteroatoms. The van der Waals surface area contributed by atoms with Crippen LogP contribution in [0.5, 0.6) is 0 Å². The summed E-state index contributed by atoms with van der Waals surface area (Å²) in [5.74, 6) is -0.175. The summed E-state index contributed by atoms with van der Waals surface area (Å²) in [5, 5.41) is 0. The van der Waals surface area contributed by atoms with Crippen LogP contribution < -0.4 is 5.73 Å². The molecule has 0 spiro atoms. The molecule has 0 bridgehead atoms. The van der Waals surface area contributed by atoms with Crippen molar-refractivity contribution in [1.29, 1.82) is 0 Å². The predicted octanol–water partition coefficient (Wildman–Crippen LogP) is 5.66. The average molecular weight is 279 g/mol. The van der Waals surface area contributed by atoms with E-state index >= 15 is 0 Å². The minimum Gasteiger partial charge on any atom is -0.324 e. The molecule has 0 saturated carbocycles. The summed E-state index contributed by atoms with van der Waals surface area (Å²) in [6.45, 7) is 4.16. The van der Waals surface area contributed by atoms with Crippen molar-refractivity contribution in [1.82, 2.24) is 0 Å². The van der Waals surface area contributed by atoms with Gasteiger partial charge in [-0.25, -0.2) is 4.39 Å². The molecule has 0 aliphatic carbocycles. The molecule has 0 aliphatic rings. The molecular weight excluding hydrogens is 249 g/mol. The SMILES string of the molecule is CCCCCCCCCCC(N)c1cc(C)cc(F)c1. The summed E-state index contributed by atoms with van der Waals surface area (Å²) >= 11 is 0. The number of aryl methyl sites for hydroxylation is 1. The van der Waals surface area contributed by atoms with E-state index in [9.17, 15) is 4.39 Å². The van der Waals surface area contributed by atoms with Crippen LogP contribution in [-0.2, 0) is 0 Å². The third-order valence-corrected chi connectivity index (χ3v) is 3.86. The summed E-state index contributed by atoms with van der Waals surface area (Å²) in [6.07, 6.45) is 11.4. The Morgan fingerprint density at radius 1 is 0.950 bits per heavy atom. The zero-order chi connectivity index (χ0) is 14.8. The molecule has 0 fully saturated rings. The van der Waals surface area contributed by atoms with E-state index in [0.717, 1.165) is 24.0 Å². The van der Waals surface area contributed by atoms with Gasteiger partial charge in [-0.15, -0.1) is 0 Å². The lowest BCUT2D eigenvalue weighted by atomic mass is 9.99. The number of halogens is 1. The zero-order valence-corrected chi connectivity index (χ0v) is 13.1. The summed E-state index contributed by atoms with van der Waals surface area (Å²) in [6, 6.07) is 5.09. The first-order chi connectivity index (χ1) is 9.63. The van der Waals surface area contributed by atoms with Crippen molar-refractivity contribution in [2.45, 2.75) is 77.7 Å². The van der Waals surface area contributed by atoms with Gasteiger partial charge in [0, 0.05) is 6.04 Å². The minimum absolute atomic E-state index is 0.0236. The van der Waals surface area contributed by atoms with Gasteiger partial charge >= 0.3 is 0 Å². The van der Waals surface area contributed by atoms with Gasteiger partial charge in [0.1, 0.15) is 5.82 Å². The fourth-order valence-electron chi connectivity index (χ4n) is 2.64. The number of hydrogen-bond donors (Lipinski definition) is 1. The molecule has 2 N–H and O–H groups in total. The number of benzene rings is 1. The summed E-state index contributed by atoms with van der Waals surface area (Å²) < 4.78 is 13.3. The lowest BCUT2D eigenvalue weighted by Crippen LogP contribution is -2.10. The first-order valence-corrected chi connectivity index (χ1v) is 8.16. The molecule has 1 aromatic rings. The Morgan fingerprint density at radius 2 is 1.55 bits per heavy atom. The number of hydrogen-bond acceptors (Lipinski definition) is 1. The van der Waals surface area contributed by atoms with Crippen LogP contribution in [0.4, 0.5) is 4.39 Å². The van der Waals surface area contributed by atoms with E-state index in [4.69, 9.17) is 5.73 Å². The minimum atomic E-state index is -0.175. The second kappa shape index (κ2) is 9.93. The molecule has 1 aromatic carbocycles. The molecular formula is C18H30FN. The van der Waals surface area contributed by atoms with E-state index in [1.807, 2.05) is 13.0 Å². The molecule has 0 aromatic heterocycles. The van der Waals surface area contributed by atoms with Gasteiger partial charge in [0.05, 0.1) is 0 Å². The van der Waals surface area contributed by atoms with Crippen molar-refractivity contribution >= 4 is 0 Å². The van der Waals surface area contributed by atoms with Crippen molar-refractivity contribution in [3.05, 3.63) is 35.1 Å². The highest BCUT2D eigenvalue weighted by atomic mass is 19.1. The molecule has 0 aliphatic heterocycles. The molecule has 20 heavy (non-hydrogen) atoms. The Bertz CT molecular complexity index is 355. The van der Waals surface area contributed by atoms with Crippen LogP contribution in [0.3, 0.4) is 0 Å². The summed E-state index contributed by atoms with van der Waals surface area (Å²) in [4.78, 5) is 0. The van der Waals surface area contributed by atoms with E-state index in [2.05, 4.69) is 6.92 Å². The zero-order valence-electron chi connectivity index (χ0n) is 13.1. The van der Waals surface area contributed by atoms with E-state index in [1.54, 1.807) is 12.1 Å². The Hall–Kier alpha value is -0.890. The van der Waals surface area contributed by atoms with Crippen molar-refractivity contribution < 1.29 is 4.39 Å². The first kappa shape index (κ1) is 17.2. The first-order valence-electron chi connectivity index (χ1n) is 8.16. The van der Waals surface area contributed by atoms with Crippen LogP contribution >= 0.6 is 0 Å². The fourth-order valence-corrected chi connectivity index (χ4v) is 2.64. The van der Waals surface area contributed by atoms with Crippen LogP contribution in [0.15, 0.2) is 18.2 Å². The molecule has 1 rings (SSSR count). The van der Waals surface area contributed by atoms with Gasteiger partial charge in [-0.2, -0.15) is 0 Å². The largest absolute Gasteiger partial charge is 0.324 e. The van der Waals surface area contributed by atoms with Crippen LogP contribution in [0.2, 0.25) is 0 Å². The monoisotopic (exact) mass is 279 g/mol. The van der Waals surface area contributed by atoms with Gasteiger partial charge in [0.25, 0.3) is 0 Å². The van der Waals surface area contributed by atoms with Gasteiger partial charge in [0.2, 0.25) is 0 Å². The lowest BCUT2D eigenvalue weighted by Gasteiger charge is -2.13. The molecule has 1 atom stereocenters.